The number of pyridine rings is 1. The molecule has 1 aliphatic heterocycles. The Labute approximate surface area is 141 Å². The van der Waals surface area contributed by atoms with E-state index in [-0.39, 0.29) is 17.9 Å². The highest BCUT2D eigenvalue weighted by Crippen LogP contribution is 2.50. The summed E-state index contributed by atoms with van der Waals surface area (Å²) in [5.41, 5.74) is 2.20. The number of rotatable bonds is 3. The lowest BCUT2D eigenvalue weighted by Gasteiger charge is -2.24. The number of carbonyl (C=O) groups excluding carboxylic acids is 1. The lowest BCUT2D eigenvalue weighted by atomic mass is 10.1. The van der Waals surface area contributed by atoms with Crippen molar-refractivity contribution in [2.75, 3.05) is 6.54 Å². The Hall–Kier alpha value is -1.87. The normalized spacial score (nSPS) is 26.3. The number of hydrogen-bond donors (Lipinski definition) is 0. The Bertz CT molecular complexity index is 718. The molecule has 1 amide bonds. The van der Waals surface area contributed by atoms with E-state index in [0.29, 0.717) is 5.92 Å². The largest absolute Gasteiger partial charge is 0.334 e. The van der Waals surface area contributed by atoms with E-state index in [1.807, 2.05) is 47.5 Å². The zero-order valence-corrected chi connectivity index (χ0v) is 13.6. The van der Waals surface area contributed by atoms with Crippen molar-refractivity contribution in [2.45, 2.75) is 31.2 Å². The van der Waals surface area contributed by atoms with Gasteiger partial charge in [0.25, 0.3) is 0 Å². The van der Waals surface area contributed by atoms with Crippen LogP contribution in [0, 0.1) is 5.92 Å². The van der Waals surface area contributed by atoms with E-state index in [1.165, 1.54) is 5.56 Å². The molecule has 1 aromatic carbocycles. The van der Waals surface area contributed by atoms with Crippen LogP contribution in [0.2, 0.25) is 5.02 Å². The highest BCUT2D eigenvalue weighted by Gasteiger charge is 2.47. The van der Waals surface area contributed by atoms with Crippen LogP contribution in [0.3, 0.4) is 0 Å². The van der Waals surface area contributed by atoms with Crippen LogP contribution in [0.1, 0.15) is 42.5 Å². The summed E-state index contributed by atoms with van der Waals surface area (Å²) < 4.78 is 0. The van der Waals surface area contributed by atoms with Gasteiger partial charge in [-0.15, -0.1) is 0 Å². The number of amides is 1. The minimum Gasteiger partial charge on any atom is -0.334 e. The van der Waals surface area contributed by atoms with Crippen molar-refractivity contribution < 1.29 is 4.79 Å². The number of nitrogens with zero attached hydrogens (tertiary/aromatic N) is 2. The van der Waals surface area contributed by atoms with E-state index in [9.17, 15) is 4.79 Å². The van der Waals surface area contributed by atoms with Crippen LogP contribution in [0.15, 0.2) is 48.7 Å². The maximum atomic E-state index is 12.9. The van der Waals surface area contributed by atoms with E-state index in [0.717, 1.165) is 36.5 Å². The molecule has 1 aliphatic carbocycles. The molecule has 0 radical (unpaired) electrons. The molecule has 3 atom stereocenters. The standard InChI is InChI=1S/C19H19ClN2O/c20-14-6-3-5-13(11-14)15-12-16(15)19(23)22-10-4-8-18(22)17-7-1-2-9-21-17/h1-3,5-7,9,11,15-16,18H,4,8,10,12H2/t15-,16+,18-/m0/s1. The third-order valence-electron chi connectivity index (χ3n) is 4.95. The molecule has 2 heterocycles. The molecule has 2 aromatic rings. The van der Waals surface area contributed by atoms with Crippen LogP contribution in [-0.4, -0.2) is 22.3 Å². The fraction of sp³-hybridized carbons (Fsp3) is 0.368. The van der Waals surface area contributed by atoms with Gasteiger partial charge in [-0.3, -0.25) is 9.78 Å². The first kappa shape index (κ1) is 14.7. The molecule has 1 aromatic heterocycles. The van der Waals surface area contributed by atoms with Gasteiger partial charge >= 0.3 is 0 Å². The zero-order chi connectivity index (χ0) is 15.8. The summed E-state index contributed by atoms with van der Waals surface area (Å²) in [4.78, 5) is 19.4. The molecule has 3 nitrogen and oxygen atoms in total. The topological polar surface area (TPSA) is 33.2 Å². The fourth-order valence-corrected chi connectivity index (χ4v) is 3.90. The van der Waals surface area contributed by atoms with Crippen LogP contribution < -0.4 is 0 Å². The number of halogens is 1. The van der Waals surface area contributed by atoms with Crippen molar-refractivity contribution in [3.05, 3.63) is 64.9 Å². The molecule has 4 rings (SSSR count). The van der Waals surface area contributed by atoms with Crippen LogP contribution in [-0.2, 0) is 4.79 Å². The molecular weight excluding hydrogens is 308 g/mol. The quantitative estimate of drug-likeness (QED) is 0.846. The van der Waals surface area contributed by atoms with Gasteiger partial charge in [-0.1, -0.05) is 29.8 Å². The van der Waals surface area contributed by atoms with Gasteiger partial charge in [-0.25, -0.2) is 0 Å². The molecule has 23 heavy (non-hydrogen) atoms. The summed E-state index contributed by atoms with van der Waals surface area (Å²) in [7, 11) is 0. The lowest BCUT2D eigenvalue weighted by molar-refractivity contribution is -0.133. The van der Waals surface area contributed by atoms with Gasteiger partial charge < -0.3 is 4.90 Å². The minimum atomic E-state index is 0.109. The van der Waals surface area contributed by atoms with E-state index in [4.69, 9.17) is 11.6 Å². The summed E-state index contributed by atoms with van der Waals surface area (Å²) in [6.07, 6.45) is 4.81. The average Bonchev–Trinajstić information content (AvgIpc) is 3.23. The number of benzene rings is 1. The van der Waals surface area contributed by atoms with Crippen molar-refractivity contribution in [1.82, 2.24) is 9.88 Å². The number of carbonyl (C=O) groups is 1. The molecule has 118 valence electrons. The molecule has 0 N–H and O–H groups in total. The number of aromatic nitrogens is 1. The van der Waals surface area contributed by atoms with E-state index in [2.05, 4.69) is 11.1 Å². The first-order valence-electron chi connectivity index (χ1n) is 8.21. The molecule has 4 heteroatoms. The molecule has 2 aliphatic rings. The number of hydrogen-bond acceptors (Lipinski definition) is 2. The van der Waals surface area contributed by atoms with Crippen molar-refractivity contribution in [3.8, 4) is 0 Å². The van der Waals surface area contributed by atoms with E-state index < -0.39 is 0 Å². The Kier molecular flexibility index (Phi) is 3.82. The highest BCUT2D eigenvalue weighted by molar-refractivity contribution is 6.30. The molecule has 0 bridgehead atoms. The smallest absolute Gasteiger partial charge is 0.226 e. The Balaban J connectivity index is 1.49. The van der Waals surface area contributed by atoms with Crippen LogP contribution in [0.4, 0.5) is 0 Å². The number of likely N-dealkylation sites (tertiary alicyclic amines) is 1. The predicted octanol–water partition coefficient (Wildman–Crippen LogP) is 4.20. The molecule has 0 unspecified atom stereocenters. The van der Waals surface area contributed by atoms with Crippen LogP contribution in [0.5, 0.6) is 0 Å². The molecule has 1 saturated heterocycles. The Morgan fingerprint density at radius 1 is 1.22 bits per heavy atom. The van der Waals surface area contributed by atoms with Crippen molar-refractivity contribution >= 4 is 17.5 Å². The molecular formula is C19H19ClN2O. The first-order chi connectivity index (χ1) is 11.2. The van der Waals surface area contributed by atoms with Gasteiger partial charge in [0.1, 0.15) is 0 Å². The van der Waals surface area contributed by atoms with Gasteiger partial charge in [-0.05, 0) is 55.0 Å². The van der Waals surface area contributed by atoms with Gasteiger partial charge in [0.05, 0.1) is 11.7 Å². The third-order valence-corrected chi connectivity index (χ3v) is 5.18. The summed E-state index contributed by atoms with van der Waals surface area (Å²) >= 11 is 6.07. The van der Waals surface area contributed by atoms with Crippen molar-refractivity contribution in [1.29, 1.82) is 0 Å². The van der Waals surface area contributed by atoms with Gasteiger partial charge in [0.15, 0.2) is 0 Å². The van der Waals surface area contributed by atoms with Crippen LogP contribution in [0.25, 0.3) is 0 Å². The SMILES string of the molecule is O=C([C@@H]1C[C@H]1c1cccc(Cl)c1)N1CCC[C@H]1c1ccccn1. The molecule has 1 saturated carbocycles. The minimum absolute atomic E-state index is 0.109. The van der Waals surface area contributed by atoms with Gasteiger partial charge in [0.2, 0.25) is 5.91 Å². The van der Waals surface area contributed by atoms with E-state index >= 15 is 0 Å². The third kappa shape index (κ3) is 2.86. The zero-order valence-electron chi connectivity index (χ0n) is 12.9. The predicted molar refractivity (Wildman–Crippen MR) is 90.2 cm³/mol. The maximum absolute atomic E-state index is 12.9. The maximum Gasteiger partial charge on any atom is 0.226 e. The van der Waals surface area contributed by atoms with E-state index in [1.54, 1.807) is 0 Å². The monoisotopic (exact) mass is 326 g/mol. The first-order valence-corrected chi connectivity index (χ1v) is 8.59. The van der Waals surface area contributed by atoms with Gasteiger partial charge in [-0.2, -0.15) is 0 Å². The fourth-order valence-electron chi connectivity index (χ4n) is 3.70. The van der Waals surface area contributed by atoms with Crippen molar-refractivity contribution in [3.63, 3.8) is 0 Å². The summed E-state index contributed by atoms with van der Waals surface area (Å²) in [5, 5.41) is 0.744. The summed E-state index contributed by atoms with van der Waals surface area (Å²) in [6, 6.07) is 14.0. The highest BCUT2D eigenvalue weighted by atomic mass is 35.5. The average molecular weight is 327 g/mol. The summed E-state index contributed by atoms with van der Waals surface area (Å²) in [6.45, 7) is 0.846. The molecule has 0 spiro atoms. The summed E-state index contributed by atoms with van der Waals surface area (Å²) in [5.74, 6) is 0.715. The van der Waals surface area contributed by atoms with Gasteiger partial charge in [0, 0.05) is 23.7 Å². The second-order valence-electron chi connectivity index (χ2n) is 6.45. The van der Waals surface area contributed by atoms with Crippen molar-refractivity contribution in [2.24, 2.45) is 5.92 Å². The second-order valence-corrected chi connectivity index (χ2v) is 6.88. The lowest BCUT2D eigenvalue weighted by Crippen LogP contribution is -2.32. The Morgan fingerprint density at radius 2 is 2.13 bits per heavy atom. The second kappa shape index (κ2) is 5.97. The molecule has 2 fully saturated rings. The van der Waals surface area contributed by atoms with Crippen LogP contribution >= 0.6 is 11.6 Å². The Morgan fingerprint density at radius 3 is 2.91 bits per heavy atom.